The molecule has 0 aromatic rings. The van der Waals surface area contributed by atoms with E-state index in [1.54, 1.807) is 0 Å². The summed E-state index contributed by atoms with van der Waals surface area (Å²) in [6, 6.07) is 0. The molecule has 0 aliphatic rings. The lowest BCUT2D eigenvalue weighted by molar-refractivity contribution is -0.135. The predicted octanol–water partition coefficient (Wildman–Crippen LogP) is 2.81. The van der Waals surface area contributed by atoms with Crippen LogP contribution >= 0.6 is 0 Å². The number of unbranched alkanes of at least 4 members (excludes halogenated alkanes) is 3. The first-order chi connectivity index (χ1) is 5.77. The number of carbonyl (C=O) groups excluding carboxylic acids is 1. The van der Waals surface area contributed by atoms with E-state index in [2.05, 4.69) is 11.3 Å². The van der Waals surface area contributed by atoms with Gasteiger partial charge in [0.1, 0.15) is 0 Å². The van der Waals surface area contributed by atoms with Gasteiger partial charge in [-0.25, -0.2) is 0 Å². The summed E-state index contributed by atoms with van der Waals surface area (Å²) in [5, 5.41) is 0. The highest BCUT2D eigenvalue weighted by Crippen LogP contribution is 2.00. The number of rotatable bonds is 6. The third kappa shape index (κ3) is 8.95. The number of ether oxygens (including phenoxy) is 1. The molecule has 0 bridgehead atoms. The van der Waals surface area contributed by atoms with Crippen molar-refractivity contribution >= 4 is 5.97 Å². The van der Waals surface area contributed by atoms with Gasteiger partial charge in [0.2, 0.25) is 0 Å². The van der Waals surface area contributed by atoms with E-state index in [0.717, 1.165) is 25.7 Å². The maximum Gasteiger partial charge on any atom is 0.307 e. The van der Waals surface area contributed by atoms with Gasteiger partial charge >= 0.3 is 5.97 Å². The highest BCUT2D eigenvalue weighted by molar-refractivity contribution is 5.66. The van der Waals surface area contributed by atoms with E-state index in [1.807, 2.05) is 12.2 Å². The first kappa shape index (κ1) is 11.0. The Bertz CT molecular complexity index is 159. The smallest absolute Gasteiger partial charge is 0.307 e. The van der Waals surface area contributed by atoms with Gasteiger partial charge in [0.05, 0.1) is 6.26 Å². The molecule has 0 radical (unpaired) electrons. The zero-order valence-corrected chi connectivity index (χ0v) is 7.58. The van der Waals surface area contributed by atoms with Gasteiger partial charge in [0.15, 0.2) is 0 Å². The maximum atomic E-state index is 10.3. The highest BCUT2D eigenvalue weighted by atomic mass is 16.5. The summed E-state index contributed by atoms with van der Waals surface area (Å²) in [6.07, 6.45) is 9.51. The van der Waals surface area contributed by atoms with E-state index < -0.39 is 0 Å². The summed E-state index contributed by atoms with van der Waals surface area (Å²) in [7, 11) is 0. The minimum absolute atomic E-state index is 0.266. The van der Waals surface area contributed by atoms with Crippen LogP contribution in [-0.4, -0.2) is 5.97 Å². The molecular formula is C10H16O2. The Labute approximate surface area is 73.9 Å². The van der Waals surface area contributed by atoms with Crippen molar-refractivity contribution in [3.8, 4) is 0 Å². The second-order valence-electron chi connectivity index (χ2n) is 2.55. The molecule has 2 heteroatoms. The summed E-state index contributed by atoms with van der Waals surface area (Å²) in [4.78, 5) is 10.3. The van der Waals surface area contributed by atoms with Gasteiger partial charge in [-0.15, -0.1) is 6.58 Å². The molecule has 12 heavy (non-hydrogen) atoms. The highest BCUT2D eigenvalue weighted by Gasteiger charge is 1.85. The van der Waals surface area contributed by atoms with Gasteiger partial charge in [-0.2, -0.15) is 0 Å². The monoisotopic (exact) mass is 168 g/mol. The fourth-order valence-electron chi connectivity index (χ4n) is 0.763. The molecular weight excluding hydrogens is 152 g/mol. The molecule has 0 saturated heterocycles. The number of hydrogen-bond donors (Lipinski definition) is 0. The Hall–Kier alpha value is -1.05. The molecule has 0 amide bonds. The first-order valence-corrected chi connectivity index (χ1v) is 4.20. The number of hydrogen-bond acceptors (Lipinski definition) is 2. The average Bonchev–Trinajstić information content (AvgIpc) is 2.02. The van der Waals surface area contributed by atoms with Crippen molar-refractivity contribution in [3.05, 3.63) is 25.0 Å². The molecule has 0 spiro atoms. The molecule has 0 rings (SSSR count). The van der Waals surface area contributed by atoms with Crippen LogP contribution in [0.25, 0.3) is 0 Å². The molecule has 0 N–H and O–H groups in total. The van der Waals surface area contributed by atoms with Crippen molar-refractivity contribution in [2.24, 2.45) is 0 Å². The lowest BCUT2D eigenvalue weighted by Crippen LogP contribution is -1.89. The Morgan fingerprint density at radius 3 is 2.67 bits per heavy atom. The summed E-state index contributed by atoms with van der Waals surface area (Å²) < 4.78 is 4.61. The van der Waals surface area contributed by atoms with E-state index >= 15 is 0 Å². The van der Waals surface area contributed by atoms with E-state index in [0.29, 0.717) is 0 Å². The normalized spacial score (nSPS) is 10.1. The minimum atomic E-state index is -0.266. The molecule has 0 saturated carbocycles. The van der Waals surface area contributed by atoms with Crippen LogP contribution in [0.4, 0.5) is 0 Å². The zero-order chi connectivity index (χ0) is 9.23. The molecule has 68 valence electrons. The first-order valence-electron chi connectivity index (χ1n) is 4.20. The van der Waals surface area contributed by atoms with E-state index in [-0.39, 0.29) is 5.97 Å². The van der Waals surface area contributed by atoms with Gasteiger partial charge in [-0.05, 0) is 31.8 Å². The molecule has 0 unspecified atom stereocenters. The van der Waals surface area contributed by atoms with E-state index in [4.69, 9.17) is 0 Å². The summed E-state index contributed by atoms with van der Waals surface area (Å²) in [6.45, 7) is 5.02. The number of carbonyl (C=O) groups is 1. The van der Waals surface area contributed by atoms with Gasteiger partial charge in [-0.3, -0.25) is 4.79 Å². The zero-order valence-electron chi connectivity index (χ0n) is 7.58. The number of allylic oxidation sites excluding steroid dienone is 2. The van der Waals surface area contributed by atoms with Crippen molar-refractivity contribution in [3.63, 3.8) is 0 Å². The molecule has 0 aromatic carbocycles. The van der Waals surface area contributed by atoms with Gasteiger partial charge in [0, 0.05) is 6.92 Å². The molecule has 0 atom stereocenters. The van der Waals surface area contributed by atoms with Crippen molar-refractivity contribution < 1.29 is 9.53 Å². The lowest BCUT2D eigenvalue weighted by Gasteiger charge is -1.92. The SMILES string of the molecule is C=CCCCCC=COC(C)=O. The quantitative estimate of drug-likeness (QED) is 0.264. The molecule has 0 heterocycles. The summed E-state index contributed by atoms with van der Waals surface area (Å²) in [5.41, 5.74) is 0. The van der Waals surface area contributed by atoms with Gasteiger partial charge in [0.25, 0.3) is 0 Å². The van der Waals surface area contributed by atoms with Gasteiger partial charge in [-0.1, -0.05) is 6.08 Å². The van der Waals surface area contributed by atoms with Gasteiger partial charge < -0.3 is 4.74 Å². The fraction of sp³-hybridized carbons (Fsp3) is 0.500. The Kier molecular flexibility index (Phi) is 7.35. The van der Waals surface area contributed by atoms with Crippen LogP contribution in [0, 0.1) is 0 Å². The van der Waals surface area contributed by atoms with Crippen molar-refractivity contribution in [1.29, 1.82) is 0 Å². The average molecular weight is 168 g/mol. The summed E-state index contributed by atoms with van der Waals surface area (Å²) in [5.74, 6) is -0.266. The Morgan fingerprint density at radius 1 is 1.42 bits per heavy atom. The topological polar surface area (TPSA) is 26.3 Å². The van der Waals surface area contributed by atoms with Crippen molar-refractivity contribution in [1.82, 2.24) is 0 Å². The van der Waals surface area contributed by atoms with E-state index in [9.17, 15) is 4.79 Å². The van der Waals surface area contributed by atoms with Crippen LogP contribution < -0.4 is 0 Å². The second kappa shape index (κ2) is 8.05. The Morgan fingerprint density at radius 2 is 2.08 bits per heavy atom. The van der Waals surface area contributed by atoms with Crippen LogP contribution in [0.5, 0.6) is 0 Å². The molecule has 0 aromatic heterocycles. The molecule has 0 fully saturated rings. The maximum absolute atomic E-state index is 10.3. The molecule has 0 aliphatic heterocycles. The predicted molar refractivity (Wildman–Crippen MR) is 49.6 cm³/mol. The van der Waals surface area contributed by atoms with Crippen molar-refractivity contribution in [2.75, 3.05) is 0 Å². The van der Waals surface area contributed by atoms with Crippen LogP contribution in [0.3, 0.4) is 0 Å². The number of esters is 1. The van der Waals surface area contributed by atoms with Crippen LogP contribution in [0.2, 0.25) is 0 Å². The fourth-order valence-corrected chi connectivity index (χ4v) is 0.763. The molecule has 0 aliphatic carbocycles. The second-order valence-corrected chi connectivity index (χ2v) is 2.55. The third-order valence-electron chi connectivity index (χ3n) is 1.36. The largest absolute Gasteiger partial charge is 0.435 e. The van der Waals surface area contributed by atoms with E-state index in [1.165, 1.54) is 13.2 Å². The van der Waals surface area contributed by atoms with Crippen LogP contribution in [-0.2, 0) is 9.53 Å². The summed E-state index contributed by atoms with van der Waals surface area (Å²) >= 11 is 0. The molecule has 2 nitrogen and oxygen atoms in total. The van der Waals surface area contributed by atoms with Crippen LogP contribution in [0.1, 0.15) is 32.6 Å². The minimum Gasteiger partial charge on any atom is -0.435 e. The van der Waals surface area contributed by atoms with Crippen molar-refractivity contribution in [2.45, 2.75) is 32.6 Å². The standard InChI is InChI=1S/C10H16O2/c1-3-4-5-6-7-8-9-12-10(2)11/h3,8-9H,1,4-7H2,2H3. The third-order valence-corrected chi connectivity index (χ3v) is 1.36. The van der Waals surface area contributed by atoms with Crippen LogP contribution in [0.15, 0.2) is 25.0 Å². The Balaban J connectivity index is 3.13. The lowest BCUT2D eigenvalue weighted by atomic mass is 10.2.